The number of hydrogen-bond donors (Lipinski definition) is 1. The van der Waals surface area contributed by atoms with E-state index in [2.05, 4.69) is 0 Å². The second-order valence-corrected chi connectivity index (χ2v) is 6.21. The van der Waals surface area contributed by atoms with Gasteiger partial charge in [-0.25, -0.2) is 12.7 Å². The van der Waals surface area contributed by atoms with Crippen LogP contribution >= 0.6 is 0 Å². The number of aliphatic hydroxyl groups is 1. The van der Waals surface area contributed by atoms with Crippen molar-refractivity contribution in [2.24, 2.45) is 11.8 Å². The van der Waals surface area contributed by atoms with E-state index in [1.54, 1.807) is 0 Å². The Bertz CT molecular complexity index is 287. The highest BCUT2D eigenvalue weighted by Gasteiger charge is 2.42. The number of rotatable bonds is 1. The molecular weight excluding hydrogens is 190 g/mol. The zero-order chi connectivity index (χ0) is 9.64. The minimum Gasteiger partial charge on any atom is -0.393 e. The van der Waals surface area contributed by atoms with Crippen molar-refractivity contribution in [3.63, 3.8) is 0 Å². The molecule has 2 atom stereocenters. The monoisotopic (exact) mass is 205 g/mol. The van der Waals surface area contributed by atoms with E-state index < -0.39 is 10.0 Å². The van der Waals surface area contributed by atoms with Crippen LogP contribution in [-0.4, -0.2) is 43.3 Å². The molecule has 2 unspecified atom stereocenters. The summed E-state index contributed by atoms with van der Waals surface area (Å²) in [7, 11) is -3.01. The Labute approximate surface area is 78.6 Å². The van der Waals surface area contributed by atoms with E-state index in [-0.39, 0.29) is 6.10 Å². The molecule has 2 aliphatic rings. The fourth-order valence-corrected chi connectivity index (χ4v) is 3.42. The van der Waals surface area contributed by atoms with Crippen LogP contribution in [0.2, 0.25) is 0 Å². The molecule has 76 valence electrons. The van der Waals surface area contributed by atoms with E-state index in [1.807, 2.05) is 0 Å². The van der Waals surface area contributed by atoms with Crippen LogP contribution in [0.3, 0.4) is 0 Å². The first-order valence-electron chi connectivity index (χ1n) is 4.60. The Morgan fingerprint density at radius 1 is 1.23 bits per heavy atom. The molecule has 1 aliphatic heterocycles. The zero-order valence-corrected chi connectivity index (χ0v) is 8.50. The molecule has 0 bridgehead atoms. The Kier molecular flexibility index (Phi) is 2.13. The highest BCUT2D eigenvalue weighted by atomic mass is 32.2. The lowest BCUT2D eigenvalue weighted by Crippen LogP contribution is -2.29. The molecule has 0 amide bonds. The molecule has 2 fully saturated rings. The summed E-state index contributed by atoms with van der Waals surface area (Å²) >= 11 is 0. The maximum Gasteiger partial charge on any atom is 0.211 e. The van der Waals surface area contributed by atoms with Crippen LogP contribution in [0.1, 0.15) is 12.8 Å². The normalized spacial score (nSPS) is 40.9. The summed E-state index contributed by atoms with van der Waals surface area (Å²) in [6.07, 6.45) is 2.61. The maximum absolute atomic E-state index is 11.2. The SMILES string of the molecule is CS(=O)(=O)N1CC2CC(O)CC2C1. The summed E-state index contributed by atoms with van der Waals surface area (Å²) in [4.78, 5) is 0. The molecule has 2 rings (SSSR count). The van der Waals surface area contributed by atoms with Gasteiger partial charge in [0.1, 0.15) is 0 Å². The molecule has 5 heteroatoms. The molecule has 1 heterocycles. The number of nitrogens with zero attached hydrogens (tertiary/aromatic N) is 1. The zero-order valence-electron chi connectivity index (χ0n) is 7.68. The van der Waals surface area contributed by atoms with Crippen LogP contribution in [0.25, 0.3) is 0 Å². The van der Waals surface area contributed by atoms with Gasteiger partial charge in [0.2, 0.25) is 10.0 Å². The summed E-state index contributed by atoms with van der Waals surface area (Å²) in [5.41, 5.74) is 0. The summed E-state index contributed by atoms with van der Waals surface area (Å²) < 4.78 is 24.0. The van der Waals surface area contributed by atoms with Gasteiger partial charge >= 0.3 is 0 Å². The van der Waals surface area contributed by atoms with Crippen molar-refractivity contribution in [1.82, 2.24) is 4.31 Å². The van der Waals surface area contributed by atoms with Crippen molar-refractivity contribution in [3.8, 4) is 0 Å². The van der Waals surface area contributed by atoms with Crippen LogP contribution < -0.4 is 0 Å². The molecule has 0 aromatic heterocycles. The maximum atomic E-state index is 11.2. The Morgan fingerprint density at radius 2 is 1.69 bits per heavy atom. The van der Waals surface area contributed by atoms with E-state index in [0.717, 1.165) is 12.8 Å². The van der Waals surface area contributed by atoms with Gasteiger partial charge in [0, 0.05) is 13.1 Å². The summed E-state index contributed by atoms with van der Waals surface area (Å²) in [6, 6.07) is 0. The van der Waals surface area contributed by atoms with Crippen LogP contribution in [-0.2, 0) is 10.0 Å². The topological polar surface area (TPSA) is 57.6 Å². The van der Waals surface area contributed by atoms with Gasteiger partial charge in [-0.15, -0.1) is 0 Å². The van der Waals surface area contributed by atoms with Crippen molar-refractivity contribution in [3.05, 3.63) is 0 Å². The number of aliphatic hydroxyl groups excluding tert-OH is 1. The number of fused-ring (bicyclic) bond motifs is 1. The van der Waals surface area contributed by atoms with Gasteiger partial charge in [0.15, 0.2) is 0 Å². The van der Waals surface area contributed by atoms with Crippen LogP contribution in [0.15, 0.2) is 0 Å². The molecule has 13 heavy (non-hydrogen) atoms. The Hall–Kier alpha value is -0.130. The van der Waals surface area contributed by atoms with Gasteiger partial charge in [-0.1, -0.05) is 0 Å². The highest BCUT2D eigenvalue weighted by Crippen LogP contribution is 2.38. The quantitative estimate of drug-likeness (QED) is 0.636. The lowest BCUT2D eigenvalue weighted by Gasteiger charge is -2.14. The van der Waals surface area contributed by atoms with E-state index in [9.17, 15) is 13.5 Å². The molecule has 1 N–H and O–H groups in total. The van der Waals surface area contributed by atoms with Gasteiger partial charge in [-0.3, -0.25) is 0 Å². The van der Waals surface area contributed by atoms with Crippen molar-refractivity contribution < 1.29 is 13.5 Å². The molecule has 0 radical (unpaired) electrons. The fourth-order valence-electron chi connectivity index (χ4n) is 2.50. The van der Waals surface area contributed by atoms with Crippen LogP contribution in [0.4, 0.5) is 0 Å². The molecule has 0 aromatic rings. The van der Waals surface area contributed by atoms with Gasteiger partial charge in [0.05, 0.1) is 12.4 Å². The Morgan fingerprint density at radius 3 is 2.08 bits per heavy atom. The predicted octanol–water partition coefficient (Wildman–Crippen LogP) is -0.351. The molecule has 1 saturated heterocycles. The number of hydrogen-bond acceptors (Lipinski definition) is 3. The minimum atomic E-state index is -3.01. The first kappa shape index (κ1) is 9.43. The molecule has 0 aromatic carbocycles. The van der Waals surface area contributed by atoms with Gasteiger partial charge in [0.25, 0.3) is 0 Å². The van der Waals surface area contributed by atoms with E-state index in [4.69, 9.17) is 0 Å². The molecule has 0 spiro atoms. The van der Waals surface area contributed by atoms with Crippen molar-refractivity contribution >= 4 is 10.0 Å². The standard InChI is InChI=1S/C8H15NO3S/c1-13(11,12)9-4-6-2-8(10)3-7(6)5-9/h6-8,10H,2-5H2,1H3. The average Bonchev–Trinajstić information content (AvgIpc) is 2.40. The van der Waals surface area contributed by atoms with Gasteiger partial charge in [-0.2, -0.15) is 0 Å². The molecular formula is C8H15NO3S. The molecule has 4 nitrogen and oxygen atoms in total. The van der Waals surface area contributed by atoms with Gasteiger partial charge < -0.3 is 5.11 Å². The van der Waals surface area contributed by atoms with Gasteiger partial charge in [-0.05, 0) is 24.7 Å². The third kappa shape index (κ3) is 1.73. The summed E-state index contributed by atoms with van der Waals surface area (Å²) in [6.45, 7) is 1.22. The van der Waals surface area contributed by atoms with E-state index in [0.29, 0.717) is 24.9 Å². The number of sulfonamides is 1. The third-order valence-electron chi connectivity index (χ3n) is 3.16. The fraction of sp³-hybridized carbons (Fsp3) is 1.00. The minimum absolute atomic E-state index is 0.197. The predicted molar refractivity (Wildman–Crippen MR) is 48.6 cm³/mol. The molecule has 1 aliphatic carbocycles. The second kappa shape index (κ2) is 2.93. The smallest absolute Gasteiger partial charge is 0.211 e. The largest absolute Gasteiger partial charge is 0.393 e. The third-order valence-corrected chi connectivity index (χ3v) is 4.40. The van der Waals surface area contributed by atoms with Crippen LogP contribution in [0.5, 0.6) is 0 Å². The van der Waals surface area contributed by atoms with Crippen molar-refractivity contribution in [1.29, 1.82) is 0 Å². The average molecular weight is 205 g/mol. The van der Waals surface area contributed by atoms with E-state index >= 15 is 0 Å². The van der Waals surface area contributed by atoms with Crippen molar-refractivity contribution in [2.75, 3.05) is 19.3 Å². The second-order valence-electron chi connectivity index (χ2n) is 4.23. The van der Waals surface area contributed by atoms with Crippen LogP contribution in [0, 0.1) is 11.8 Å². The first-order valence-corrected chi connectivity index (χ1v) is 6.45. The lowest BCUT2D eigenvalue weighted by molar-refractivity contribution is 0.169. The van der Waals surface area contributed by atoms with Crippen molar-refractivity contribution in [2.45, 2.75) is 18.9 Å². The first-order chi connectivity index (χ1) is 5.97. The van der Waals surface area contributed by atoms with E-state index in [1.165, 1.54) is 10.6 Å². The Balaban J connectivity index is 2.06. The summed E-state index contributed by atoms with van der Waals surface area (Å²) in [5.74, 6) is 0.787. The summed E-state index contributed by atoms with van der Waals surface area (Å²) in [5, 5.41) is 9.36. The molecule has 1 saturated carbocycles. The lowest BCUT2D eigenvalue weighted by atomic mass is 10.0. The highest BCUT2D eigenvalue weighted by molar-refractivity contribution is 7.88.